The Morgan fingerprint density at radius 3 is 2.50 bits per heavy atom. The summed E-state index contributed by atoms with van der Waals surface area (Å²) in [4.78, 5) is 10.9. The molecule has 0 fully saturated rings. The van der Waals surface area contributed by atoms with Crippen molar-refractivity contribution in [2.24, 2.45) is 0 Å². The molecule has 0 saturated carbocycles. The van der Waals surface area contributed by atoms with Gasteiger partial charge in [-0.1, -0.05) is 6.07 Å². The van der Waals surface area contributed by atoms with Crippen LogP contribution in [0.3, 0.4) is 0 Å². The minimum absolute atomic E-state index is 0.0139. The topological polar surface area (TPSA) is 128 Å². The van der Waals surface area contributed by atoms with E-state index in [1.54, 1.807) is 0 Å². The van der Waals surface area contributed by atoms with Crippen molar-refractivity contribution in [1.82, 2.24) is 20.0 Å². The number of hydrogen-bond donors (Lipinski definition) is 1. The van der Waals surface area contributed by atoms with Gasteiger partial charge in [-0.2, -0.15) is 18.3 Å². The molecule has 0 unspecified atom stereocenters. The van der Waals surface area contributed by atoms with Gasteiger partial charge in [0.05, 0.1) is 4.90 Å². The fourth-order valence-electron chi connectivity index (χ4n) is 2.28. The van der Waals surface area contributed by atoms with Gasteiger partial charge in [0.15, 0.2) is 15.5 Å². The summed E-state index contributed by atoms with van der Waals surface area (Å²) < 4.78 is 67.9. The molecular weight excluding hydrogens is 405 g/mol. The number of carboxylic acid groups (broad SMARTS) is 1. The molecule has 2 heterocycles. The van der Waals surface area contributed by atoms with Crippen LogP contribution < -0.4 is 0 Å². The van der Waals surface area contributed by atoms with Crippen molar-refractivity contribution in [3.8, 4) is 23.0 Å². The number of carboxylic acids is 1. The number of nitrogens with zero attached hydrogens (tertiary/aromatic N) is 4. The molecule has 0 radical (unpaired) electrons. The molecule has 0 spiro atoms. The van der Waals surface area contributed by atoms with Crippen molar-refractivity contribution in [1.29, 1.82) is 0 Å². The van der Waals surface area contributed by atoms with Gasteiger partial charge < -0.3 is 9.52 Å². The van der Waals surface area contributed by atoms with E-state index in [-0.39, 0.29) is 22.0 Å². The van der Waals surface area contributed by atoms with E-state index in [4.69, 9.17) is 9.52 Å². The summed E-state index contributed by atoms with van der Waals surface area (Å²) in [6, 6.07) is 6.12. The zero-order chi connectivity index (χ0) is 20.7. The molecule has 0 aliphatic heterocycles. The molecule has 3 rings (SSSR count). The number of halogens is 3. The lowest BCUT2D eigenvalue weighted by molar-refractivity contribution is -0.143. The Kier molecular flexibility index (Phi) is 4.71. The van der Waals surface area contributed by atoms with Gasteiger partial charge >= 0.3 is 12.1 Å². The number of benzene rings is 1. The minimum atomic E-state index is -4.80. The van der Waals surface area contributed by atoms with Crippen LogP contribution in [-0.4, -0.2) is 45.7 Å². The first kappa shape index (κ1) is 19.5. The summed E-state index contributed by atoms with van der Waals surface area (Å²) in [6.45, 7) is -0.854. The normalized spacial score (nSPS) is 12.3. The molecule has 0 aliphatic rings. The quantitative estimate of drug-likeness (QED) is 0.670. The van der Waals surface area contributed by atoms with Gasteiger partial charge in [0.1, 0.15) is 12.2 Å². The highest BCUT2D eigenvalue weighted by atomic mass is 32.2. The van der Waals surface area contributed by atoms with Gasteiger partial charge in [-0.05, 0) is 18.2 Å². The van der Waals surface area contributed by atoms with Crippen LogP contribution in [0.1, 0.15) is 5.69 Å². The van der Waals surface area contributed by atoms with Crippen molar-refractivity contribution >= 4 is 15.8 Å². The maximum absolute atomic E-state index is 12.9. The summed E-state index contributed by atoms with van der Waals surface area (Å²) in [5, 5.41) is 19.4. The van der Waals surface area contributed by atoms with Gasteiger partial charge in [0.25, 0.3) is 5.89 Å². The minimum Gasteiger partial charge on any atom is -0.480 e. The largest absolute Gasteiger partial charge is 0.480 e. The molecule has 13 heteroatoms. The van der Waals surface area contributed by atoms with Crippen molar-refractivity contribution in [2.75, 3.05) is 6.26 Å². The molecule has 0 bridgehead atoms. The first-order valence-corrected chi connectivity index (χ1v) is 9.35. The standard InChI is InChI=1S/C15H11F3N4O5S/c1-28(25,26)9-4-2-3-8(5-9)13-19-20-14(27-13)10-6-11(15(16,17)18)21-22(10)7-12(23)24/h2-6H,7H2,1H3,(H,23,24). The highest BCUT2D eigenvalue weighted by Gasteiger charge is 2.36. The number of alkyl halides is 3. The van der Waals surface area contributed by atoms with Gasteiger partial charge in [0, 0.05) is 17.9 Å². The molecule has 28 heavy (non-hydrogen) atoms. The molecular formula is C15H11F3N4O5S. The molecule has 3 aromatic rings. The monoisotopic (exact) mass is 416 g/mol. The van der Waals surface area contributed by atoms with Crippen LogP contribution in [0, 0.1) is 0 Å². The van der Waals surface area contributed by atoms with Crippen LogP contribution >= 0.6 is 0 Å². The van der Waals surface area contributed by atoms with E-state index in [0.717, 1.165) is 6.26 Å². The molecule has 9 nitrogen and oxygen atoms in total. The van der Waals surface area contributed by atoms with Gasteiger partial charge in [-0.3, -0.25) is 4.79 Å². The van der Waals surface area contributed by atoms with E-state index in [9.17, 15) is 26.4 Å². The van der Waals surface area contributed by atoms with Crippen LogP contribution in [0.2, 0.25) is 0 Å². The van der Waals surface area contributed by atoms with Crippen LogP contribution in [0.5, 0.6) is 0 Å². The number of carbonyl (C=O) groups is 1. The van der Waals surface area contributed by atoms with Gasteiger partial charge in [-0.25, -0.2) is 13.1 Å². The van der Waals surface area contributed by atoms with Gasteiger partial charge in [0.2, 0.25) is 5.89 Å². The summed E-state index contributed by atoms with van der Waals surface area (Å²) >= 11 is 0. The summed E-state index contributed by atoms with van der Waals surface area (Å²) in [5.41, 5.74) is -1.43. The number of rotatable bonds is 5. The summed E-state index contributed by atoms with van der Waals surface area (Å²) in [5.74, 6) is -1.97. The maximum Gasteiger partial charge on any atom is 0.435 e. The van der Waals surface area contributed by atoms with Gasteiger partial charge in [-0.15, -0.1) is 10.2 Å². The molecule has 1 aromatic carbocycles. The van der Waals surface area contributed by atoms with E-state index in [1.807, 2.05) is 0 Å². The highest BCUT2D eigenvalue weighted by Crippen LogP contribution is 2.32. The van der Waals surface area contributed by atoms with E-state index >= 15 is 0 Å². The number of aromatic nitrogens is 4. The smallest absolute Gasteiger partial charge is 0.435 e. The van der Waals surface area contributed by atoms with Crippen molar-refractivity contribution < 1.29 is 35.9 Å². The second-order valence-electron chi connectivity index (χ2n) is 5.68. The Morgan fingerprint density at radius 1 is 1.21 bits per heavy atom. The predicted molar refractivity (Wildman–Crippen MR) is 86.7 cm³/mol. The van der Waals surface area contributed by atoms with Crippen LogP contribution in [0.25, 0.3) is 23.0 Å². The number of aliphatic carboxylic acids is 1. The lowest BCUT2D eigenvalue weighted by Crippen LogP contribution is -2.13. The first-order valence-electron chi connectivity index (χ1n) is 7.46. The molecule has 0 aliphatic carbocycles. The zero-order valence-corrected chi connectivity index (χ0v) is 14.8. The molecule has 148 valence electrons. The second kappa shape index (κ2) is 6.74. The van der Waals surface area contributed by atoms with Crippen molar-refractivity contribution in [2.45, 2.75) is 17.6 Å². The highest BCUT2D eigenvalue weighted by molar-refractivity contribution is 7.90. The number of sulfone groups is 1. The lowest BCUT2D eigenvalue weighted by Gasteiger charge is -2.01. The molecule has 1 N–H and O–H groups in total. The van der Waals surface area contributed by atoms with Crippen LogP contribution in [-0.2, 0) is 27.4 Å². The Labute approximate surface area is 155 Å². The average Bonchev–Trinajstić information content (AvgIpc) is 3.20. The maximum atomic E-state index is 12.9. The van der Waals surface area contributed by atoms with Crippen LogP contribution in [0.15, 0.2) is 39.6 Å². The molecule has 2 aromatic heterocycles. The third-order valence-electron chi connectivity index (χ3n) is 3.51. The Hall–Kier alpha value is -3.22. The Morgan fingerprint density at radius 2 is 1.89 bits per heavy atom. The van der Waals surface area contributed by atoms with E-state index in [2.05, 4.69) is 15.3 Å². The zero-order valence-electron chi connectivity index (χ0n) is 14.0. The summed E-state index contributed by atoms with van der Waals surface area (Å²) in [6.07, 6.45) is -3.79. The summed E-state index contributed by atoms with van der Waals surface area (Å²) in [7, 11) is -3.51. The molecule has 0 atom stereocenters. The fourth-order valence-corrected chi connectivity index (χ4v) is 2.95. The van der Waals surface area contributed by atoms with Crippen molar-refractivity contribution in [3.05, 3.63) is 36.0 Å². The Balaban J connectivity index is 2.05. The third kappa shape index (κ3) is 4.03. The van der Waals surface area contributed by atoms with E-state index in [0.29, 0.717) is 10.7 Å². The molecule has 0 amide bonds. The Bertz CT molecular complexity index is 1150. The lowest BCUT2D eigenvalue weighted by atomic mass is 10.2. The average molecular weight is 416 g/mol. The SMILES string of the molecule is CS(=O)(=O)c1cccc(-c2nnc(-c3cc(C(F)(F)F)nn3CC(=O)O)o2)c1. The third-order valence-corrected chi connectivity index (χ3v) is 4.62. The fraction of sp³-hybridized carbons (Fsp3) is 0.200. The van der Waals surface area contributed by atoms with E-state index in [1.165, 1.54) is 24.3 Å². The predicted octanol–water partition coefficient (Wildman–Crippen LogP) is 2.11. The van der Waals surface area contributed by atoms with Crippen molar-refractivity contribution in [3.63, 3.8) is 0 Å². The van der Waals surface area contributed by atoms with E-state index < -0.39 is 40.1 Å². The second-order valence-corrected chi connectivity index (χ2v) is 7.69. The van der Waals surface area contributed by atoms with Crippen LogP contribution in [0.4, 0.5) is 13.2 Å². The first-order chi connectivity index (χ1) is 12.9. The number of hydrogen-bond acceptors (Lipinski definition) is 7. The molecule has 0 saturated heterocycles.